The van der Waals surface area contributed by atoms with Crippen LogP contribution >= 0.6 is 0 Å². The summed E-state index contributed by atoms with van der Waals surface area (Å²) in [4.78, 5) is 17.0. The molecule has 0 bridgehead atoms. The second-order valence-electron chi connectivity index (χ2n) is 4.80. The predicted octanol–water partition coefficient (Wildman–Crippen LogP) is 3.75. The number of methoxy groups -OCH3 is 1. The molecule has 1 aromatic heterocycles. The summed E-state index contributed by atoms with van der Waals surface area (Å²) in [5.74, 6) is 1.06. The SMILES string of the molecule is COc1ccc2c(=O)c(Oc3ccccc3)c(C)oc2c1OO. The summed E-state index contributed by atoms with van der Waals surface area (Å²) < 4.78 is 16.3. The molecule has 0 saturated carbocycles. The number of ether oxygens (including phenoxy) is 2. The first-order valence-electron chi connectivity index (χ1n) is 6.84. The van der Waals surface area contributed by atoms with Crippen LogP contribution in [0, 0.1) is 6.92 Å². The molecule has 0 radical (unpaired) electrons. The average Bonchev–Trinajstić information content (AvgIpc) is 2.58. The summed E-state index contributed by atoms with van der Waals surface area (Å²) in [5, 5.41) is 9.27. The number of fused-ring (bicyclic) bond motifs is 1. The van der Waals surface area contributed by atoms with E-state index in [-0.39, 0.29) is 39.4 Å². The van der Waals surface area contributed by atoms with Gasteiger partial charge in [-0.2, -0.15) is 0 Å². The average molecular weight is 314 g/mol. The van der Waals surface area contributed by atoms with E-state index in [1.165, 1.54) is 19.2 Å². The summed E-state index contributed by atoms with van der Waals surface area (Å²) >= 11 is 0. The van der Waals surface area contributed by atoms with Crippen LogP contribution in [0.1, 0.15) is 5.76 Å². The molecular formula is C17H14O6. The predicted molar refractivity (Wildman–Crippen MR) is 83.5 cm³/mol. The Morgan fingerprint density at radius 1 is 1.04 bits per heavy atom. The van der Waals surface area contributed by atoms with Gasteiger partial charge >= 0.3 is 0 Å². The third-order valence-corrected chi connectivity index (χ3v) is 3.38. The van der Waals surface area contributed by atoms with Gasteiger partial charge in [0.2, 0.25) is 16.9 Å². The molecule has 1 heterocycles. The van der Waals surface area contributed by atoms with E-state index < -0.39 is 0 Å². The maximum atomic E-state index is 12.7. The summed E-state index contributed by atoms with van der Waals surface area (Å²) in [7, 11) is 1.42. The number of para-hydroxylation sites is 1. The van der Waals surface area contributed by atoms with Crippen molar-refractivity contribution in [2.45, 2.75) is 6.92 Å². The van der Waals surface area contributed by atoms with Gasteiger partial charge < -0.3 is 18.8 Å². The Kier molecular flexibility index (Phi) is 3.91. The van der Waals surface area contributed by atoms with Crippen molar-refractivity contribution in [3.63, 3.8) is 0 Å². The zero-order valence-corrected chi connectivity index (χ0v) is 12.5. The van der Waals surface area contributed by atoms with E-state index in [9.17, 15) is 4.79 Å². The van der Waals surface area contributed by atoms with Gasteiger partial charge in [0.05, 0.1) is 12.5 Å². The highest BCUT2D eigenvalue weighted by Crippen LogP contribution is 2.36. The Bertz CT molecular complexity index is 898. The lowest BCUT2D eigenvalue weighted by molar-refractivity contribution is -0.138. The molecule has 0 saturated heterocycles. The Balaban J connectivity index is 2.21. The summed E-state index contributed by atoms with van der Waals surface area (Å²) in [5.41, 5.74) is -0.275. The van der Waals surface area contributed by atoms with E-state index in [0.29, 0.717) is 5.75 Å². The standard InChI is InChI=1S/C17H14O6/c1-10-15(22-11-6-4-3-5-7-11)14(18)12-8-9-13(20-2)17(23-19)16(12)21-10/h3-9,19H,1-2H3. The van der Waals surface area contributed by atoms with Gasteiger partial charge in [0.15, 0.2) is 11.3 Å². The highest BCUT2D eigenvalue weighted by molar-refractivity contribution is 5.86. The Morgan fingerprint density at radius 3 is 2.43 bits per heavy atom. The fourth-order valence-electron chi connectivity index (χ4n) is 2.28. The molecule has 6 heteroatoms. The first-order chi connectivity index (χ1) is 11.2. The molecule has 0 unspecified atom stereocenters. The lowest BCUT2D eigenvalue weighted by atomic mass is 10.2. The van der Waals surface area contributed by atoms with Gasteiger partial charge in [-0.3, -0.25) is 4.79 Å². The first kappa shape index (κ1) is 14.9. The van der Waals surface area contributed by atoms with Crippen LogP contribution in [0.25, 0.3) is 11.0 Å². The maximum absolute atomic E-state index is 12.7. The second-order valence-corrected chi connectivity index (χ2v) is 4.80. The number of aryl methyl sites for hydroxylation is 1. The monoisotopic (exact) mass is 314 g/mol. The van der Waals surface area contributed by atoms with E-state index in [0.717, 1.165) is 0 Å². The lowest BCUT2D eigenvalue weighted by Gasteiger charge is -2.11. The van der Waals surface area contributed by atoms with Crippen LogP contribution in [0.15, 0.2) is 51.7 Å². The molecular weight excluding hydrogens is 300 g/mol. The summed E-state index contributed by atoms with van der Waals surface area (Å²) in [6, 6.07) is 12.0. The minimum atomic E-state index is -0.367. The van der Waals surface area contributed by atoms with Crippen molar-refractivity contribution in [3.05, 3.63) is 58.4 Å². The highest BCUT2D eigenvalue weighted by atomic mass is 17.1. The molecule has 0 atom stereocenters. The Morgan fingerprint density at radius 2 is 1.78 bits per heavy atom. The fourth-order valence-corrected chi connectivity index (χ4v) is 2.28. The van der Waals surface area contributed by atoms with Crippen LogP contribution in [0.4, 0.5) is 0 Å². The van der Waals surface area contributed by atoms with Crippen molar-refractivity contribution in [2.75, 3.05) is 7.11 Å². The van der Waals surface area contributed by atoms with Gasteiger partial charge in [0, 0.05) is 0 Å². The van der Waals surface area contributed by atoms with Gasteiger partial charge in [-0.15, -0.1) is 0 Å². The second kappa shape index (κ2) is 6.02. The lowest BCUT2D eigenvalue weighted by Crippen LogP contribution is -2.08. The van der Waals surface area contributed by atoms with Gasteiger partial charge in [0.25, 0.3) is 0 Å². The Hall–Kier alpha value is -2.99. The van der Waals surface area contributed by atoms with Gasteiger partial charge in [-0.05, 0) is 31.2 Å². The van der Waals surface area contributed by atoms with E-state index in [1.807, 2.05) is 6.07 Å². The van der Waals surface area contributed by atoms with Crippen molar-refractivity contribution in [3.8, 4) is 23.0 Å². The molecule has 118 valence electrons. The molecule has 0 fully saturated rings. The fraction of sp³-hybridized carbons (Fsp3) is 0.118. The van der Waals surface area contributed by atoms with Gasteiger partial charge in [-0.1, -0.05) is 18.2 Å². The zero-order valence-electron chi connectivity index (χ0n) is 12.5. The topological polar surface area (TPSA) is 78.1 Å². The molecule has 0 aliphatic rings. The number of rotatable bonds is 4. The minimum absolute atomic E-state index is 0.0588. The molecule has 6 nitrogen and oxygen atoms in total. The molecule has 23 heavy (non-hydrogen) atoms. The van der Waals surface area contributed by atoms with Gasteiger partial charge in [0.1, 0.15) is 11.5 Å². The third-order valence-electron chi connectivity index (χ3n) is 3.38. The van der Waals surface area contributed by atoms with Crippen LogP contribution in [0.2, 0.25) is 0 Å². The number of benzene rings is 2. The van der Waals surface area contributed by atoms with E-state index in [1.54, 1.807) is 31.2 Å². The normalized spacial score (nSPS) is 10.6. The van der Waals surface area contributed by atoms with E-state index in [2.05, 4.69) is 4.89 Å². The Labute approximate surface area is 131 Å². The molecule has 1 N–H and O–H groups in total. The maximum Gasteiger partial charge on any atom is 0.249 e. The quantitative estimate of drug-likeness (QED) is 0.583. The third kappa shape index (κ3) is 2.60. The number of hydrogen-bond donors (Lipinski definition) is 1. The van der Waals surface area contributed by atoms with Crippen molar-refractivity contribution in [1.29, 1.82) is 0 Å². The summed E-state index contributed by atoms with van der Waals surface area (Å²) in [6.45, 7) is 1.60. The van der Waals surface area contributed by atoms with Crippen molar-refractivity contribution in [2.24, 2.45) is 0 Å². The first-order valence-corrected chi connectivity index (χ1v) is 6.84. The van der Waals surface area contributed by atoms with Crippen molar-refractivity contribution >= 4 is 11.0 Å². The molecule has 2 aromatic carbocycles. The van der Waals surface area contributed by atoms with E-state index >= 15 is 0 Å². The van der Waals surface area contributed by atoms with Crippen LogP contribution in [-0.2, 0) is 0 Å². The van der Waals surface area contributed by atoms with Crippen LogP contribution in [-0.4, -0.2) is 12.4 Å². The van der Waals surface area contributed by atoms with Crippen molar-refractivity contribution in [1.82, 2.24) is 0 Å². The van der Waals surface area contributed by atoms with Crippen LogP contribution in [0.3, 0.4) is 0 Å². The molecule has 0 amide bonds. The molecule has 3 aromatic rings. The van der Waals surface area contributed by atoms with E-state index in [4.69, 9.17) is 19.1 Å². The van der Waals surface area contributed by atoms with Gasteiger partial charge in [-0.25, -0.2) is 5.26 Å². The molecule has 0 spiro atoms. The molecule has 0 aliphatic carbocycles. The van der Waals surface area contributed by atoms with Crippen molar-refractivity contribution < 1.29 is 24.0 Å². The minimum Gasteiger partial charge on any atom is -0.493 e. The van der Waals surface area contributed by atoms with Crippen LogP contribution < -0.4 is 19.8 Å². The smallest absolute Gasteiger partial charge is 0.249 e. The highest BCUT2D eigenvalue weighted by Gasteiger charge is 2.20. The molecule has 3 rings (SSSR count). The largest absolute Gasteiger partial charge is 0.493 e. The summed E-state index contributed by atoms with van der Waals surface area (Å²) in [6.07, 6.45) is 0. The number of hydrogen-bond acceptors (Lipinski definition) is 6. The van der Waals surface area contributed by atoms with Crippen LogP contribution in [0.5, 0.6) is 23.0 Å². The zero-order chi connectivity index (χ0) is 16.4. The molecule has 0 aliphatic heterocycles.